The van der Waals surface area contributed by atoms with Crippen molar-refractivity contribution in [1.82, 2.24) is 4.90 Å². The van der Waals surface area contributed by atoms with Gasteiger partial charge in [0.2, 0.25) is 5.91 Å². The van der Waals surface area contributed by atoms with Gasteiger partial charge >= 0.3 is 5.97 Å². The number of nitrogens with zero attached hydrogens (tertiary/aromatic N) is 1. The molecule has 92 valence electrons. The van der Waals surface area contributed by atoms with Gasteiger partial charge in [-0.05, 0) is 6.42 Å². The van der Waals surface area contributed by atoms with E-state index in [2.05, 4.69) is 0 Å². The highest BCUT2D eigenvalue weighted by Gasteiger charge is 2.38. The second kappa shape index (κ2) is 5.81. The quantitative estimate of drug-likeness (QED) is 0.620. The van der Waals surface area contributed by atoms with Gasteiger partial charge in [-0.3, -0.25) is 4.79 Å². The molecule has 0 aromatic carbocycles. The molecule has 1 aliphatic heterocycles. The Kier molecular flexibility index (Phi) is 4.70. The maximum Gasteiger partial charge on any atom is 0.326 e. The van der Waals surface area contributed by atoms with E-state index < -0.39 is 18.1 Å². The van der Waals surface area contributed by atoms with Crippen molar-refractivity contribution >= 4 is 11.9 Å². The van der Waals surface area contributed by atoms with Gasteiger partial charge in [-0.2, -0.15) is 0 Å². The first-order chi connectivity index (χ1) is 7.56. The van der Waals surface area contributed by atoms with Gasteiger partial charge in [0, 0.05) is 19.6 Å². The summed E-state index contributed by atoms with van der Waals surface area (Å²) in [6.45, 7) is 2.35. The van der Waals surface area contributed by atoms with Crippen LogP contribution in [0.1, 0.15) is 19.8 Å². The highest BCUT2D eigenvalue weighted by atomic mass is 16.5. The fourth-order valence-electron chi connectivity index (χ4n) is 1.71. The average molecular weight is 231 g/mol. The molecule has 0 saturated carbocycles. The maximum atomic E-state index is 11.6. The fraction of sp³-hybridized carbons (Fsp3) is 0.800. The number of β-amino-alcohol motifs (C(OH)–C–C–N with tert-alkyl or cyclic N) is 1. The van der Waals surface area contributed by atoms with Crippen LogP contribution < -0.4 is 0 Å². The predicted octanol–water partition coefficient (Wildman–Crippen LogP) is -0.541. The third-order valence-corrected chi connectivity index (χ3v) is 2.46. The minimum absolute atomic E-state index is 0.0747. The van der Waals surface area contributed by atoms with Crippen LogP contribution in [-0.2, 0) is 14.3 Å². The Bertz CT molecular complexity index is 268. The molecule has 1 saturated heterocycles. The number of aliphatic hydroxyl groups is 1. The summed E-state index contributed by atoms with van der Waals surface area (Å²) < 4.78 is 5.05. The standard InChI is InChI=1S/C10H17NO5/c1-2-3-16-6-9(13)11-5-7(12)4-8(11)10(14)15/h7-8,12H,2-6H2,1H3,(H,14,15). The lowest BCUT2D eigenvalue weighted by Gasteiger charge is -2.20. The van der Waals surface area contributed by atoms with Crippen LogP contribution in [0.4, 0.5) is 0 Å². The second-order valence-electron chi connectivity index (χ2n) is 3.84. The van der Waals surface area contributed by atoms with Gasteiger partial charge in [-0.1, -0.05) is 6.92 Å². The van der Waals surface area contributed by atoms with Gasteiger partial charge in [0.25, 0.3) is 0 Å². The zero-order valence-electron chi connectivity index (χ0n) is 9.26. The van der Waals surface area contributed by atoms with Crippen molar-refractivity contribution in [3.63, 3.8) is 0 Å². The largest absolute Gasteiger partial charge is 0.480 e. The van der Waals surface area contributed by atoms with Crippen LogP contribution in [0.15, 0.2) is 0 Å². The molecular weight excluding hydrogens is 214 g/mol. The number of aliphatic hydroxyl groups excluding tert-OH is 1. The predicted molar refractivity (Wildman–Crippen MR) is 54.9 cm³/mol. The van der Waals surface area contributed by atoms with Crippen molar-refractivity contribution in [3.8, 4) is 0 Å². The number of rotatable bonds is 5. The fourth-order valence-corrected chi connectivity index (χ4v) is 1.71. The number of carbonyl (C=O) groups is 2. The zero-order chi connectivity index (χ0) is 12.1. The Morgan fingerprint density at radius 1 is 1.50 bits per heavy atom. The molecule has 1 amide bonds. The Morgan fingerprint density at radius 2 is 2.19 bits per heavy atom. The van der Waals surface area contributed by atoms with Crippen molar-refractivity contribution < 1.29 is 24.5 Å². The number of amides is 1. The lowest BCUT2D eigenvalue weighted by Crippen LogP contribution is -2.42. The molecule has 2 unspecified atom stereocenters. The van der Waals surface area contributed by atoms with Crippen LogP contribution in [0.5, 0.6) is 0 Å². The van der Waals surface area contributed by atoms with Gasteiger partial charge in [0.15, 0.2) is 0 Å². The van der Waals surface area contributed by atoms with Crippen LogP contribution in [-0.4, -0.2) is 58.9 Å². The molecule has 1 heterocycles. The maximum absolute atomic E-state index is 11.6. The molecule has 0 aromatic rings. The number of carbonyl (C=O) groups excluding carboxylic acids is 1. The summed E-state index contributed by atoms with van der Waals surface area (Å²) in [6.07, 6.45) is 0.142. The van der Waals surface area contributed by atoms with Crippen molar-refractivity contribution in [1.29, 1.82) is 0 Å². The summed E-state index contributed by atoms with van der Waals surface area (Å²) in [5.41, 5.74) is 0. The zero-order valence-corrected chi connectivity index (χ0v) is 9.26. The van der Waals surface area contributed by atoms with E-state index in [9.17, 15) is 14.7 Å². The summed E-state index contributed by atoms with van der Waals surface area (Å²) >= 11 is 0. The van der Waals surface area contributed by atoms with Gasteiger partial charge in [-0.25, -0.2) is 4.79 Å². The van der Waals surface area contributed by atoms with Crippen LogP contribution in [0.3, 0.4) is 0 Å². The summed E-state index contributed by atoms with van der Waals surface area (Å²) in [7, 11) is 0. The number of carboxylic acid groups (broad SMARTS) is 1. The van der Waals surface area contributed by atoms with Crippen molar-refractivity contribution in [2.45, 2.75) is 31.9 Å². The number of likely N-dealkylation sites (tertiary alicyclic amines) is 1. The molecule has 16 heavy (non-hydrogen) atoms. The molecular formula is C10H17NO5. The molecule has 0 bridgehead atoms. The van der Waals surface area contributed by atoms with Gasteiger partial charge in [0.1, 0.15) is 12.6 Å². The topological polar surface area (TPSA) is 87.1 Å². The molecule has 6 heteroatoms. The smallest absolute Gasteiger partial charge is 0.326 e. The SMILES string of the molecule is CCCOCC(=O)N1CC(O)CC1C(=O)O. The van der Waals surface area contributed by atoms with E-state index in [1.807, 2.05) is 6.92 Å². The molecule has 2 N–H and O–H groups in total. The number of hydrogen-bond donors (Lipinski definition) is 2. The van der Waals surface area contributed by atoms with Crippen LogP contribution in [0, 0.1) is 0 Å². The third kappa shape index (κ3) is 3.18. The van der Waals surface area contributed by atoms with Crippen LogP contribution >= 0.6 is 0 Å². The molecule has 1 aliphatic rings. The molecule has 0 aliphatic carbocycles. The summed E-state index contributed by atoms with van der Waals surface area (Å²) in [5, 5.41) is 18.2. The summed E-state index contributed by atoms with van der Waals surface area (Å²) in [4.78, 5) is 23.6. The number of ether oxygens (including phenoxy) is 1. The molecule has 0 radical (unpaired) electrons. The van der Waals surface area contributed by atoms with Crippen LogP contribution in [0.25, 0.3) is 0 Å². The Hall–Kier alpha value is -1.14. The van der Waals surface area contributed by atoms with E-state index in [0.29, 0.717) is 6.61 Å². The Labute approximate surface area is 93.8 Å². The molecule has 6 nitrogen and oxygen atoms in total. The number of carboxylic acids is 1. The molecule has 1 rings (SSSR count). The van der Waals surface area contributed by atoms with E-state index in [4.69, 9.17) is 9.84 Å². The van der Waals surface area contributed by atoms with Crippen molar-refractivity contribution in [2.24, 2.45) is 0 Å². The van der Waals surface area contributed by atoms with E-state index in [1.54, 1.807) is 0 Å². The molecule has 0 aromatic heterocycles. The normalized spacial score (nSPS) is 24.8. The molecule has 1 fully saturated rings. The van der Waals surface area contributed by atoms with Gasteiger partial charge in [-0.15, -0.1) is 0 Å². The first-order valence-corrected chi connectivity index (χ1v) is 5.34. The van der Waals surface area contributed by atoms with E-state index in [0.717, 1.165) is 6.42 Å². The van der Waals surface area contributed by atoms with Gasteiger partial charge in [0.05, 0.1) is 6.10 Å². The average Bonchev–Trinajstić information content (AvgIpc) is 2.61. The molecule has 0 spiro atoms. The Morgan fingerprint density at radius 3 is 2.75 bits per heavy atom. The highest BCUT2D eigenvalue weighted by molar-refractivity contribution is 5.85. The summed E-state index contributed by atoms with van der Waals surface area (Å²) in [5.74, 6) is -1.46. The van der Waals surface area contributed by atoms with Crippen molar-refractivity contribution in [3.05, 3.63) is 0 Å². The van der Waals surface area contributed by atoms with Crippen molar-refractivity contribution in [2.75, 3.05) is 19.8 Å². The van der Waals surface area contributed by atoms with E-state index >= 15 is 0 Å². The first-order valence-electron chi connectivity index (χ1n) is 5.34. The van der Waals surface area contributed by atoms with Crippen LogP contribution in [0.2, 0.25) is 0 Å². The number of aliphatic carboxylic acids is 1. The first kappa shape index (κ1) is 12.9. The van der Waals surface area contributed by atoms with E-state index in [1.165, 1.54) is 4.90 Å². The molecule has 2 atom stereocenters. The Balaban J connectivity index is 2.50. The highest BCUT2D eigenvalue weighted by Crippen LogP contribution is 2.18. The minimum Gasteiger partial charge on any atom is -0.480 e. The lowest BCUT2D eigenvalue weighted by molar-refractivity contribution is -0.150. The lowest BCUT2D eigenvalue weighted by atomic mass is 10.2. The second-order valence-corrected chi connectivity index (χ2v) is 3.84. The number of hydrogen-bond acceptors (Lipinski definition) is 4. The minimum atomic E-state index is -1.08. The van der Waals surface area contributed by atoms with Gasteiger partial charge < -0.3 is 19.8 Å². The summed E-state index contributed by atoms with van der Waals surface area (Å²) in [6, 6.07) is -0.923. The van der Waals surface area contributed by atoms with E-state index in [-0.39, 0.29) is 25.5 Å². The monoisotopic (exact) mass is 231 g/mol. The third-order valence-electron chi connectivity index (χ3n) is 2.46.